The summed E-state index contributed by atoms with van der Waals surface area (Å²) in [5.74, 6) is 0. The standard InChI is InChI=1S/2C16H22N6.2BF4.Co/c2*1-10-7-13(4)20(17-10)16(21-14(5)8-11(2)18-21)22-15(6)9-12(3)19-22;2*2-1(3,4)5;/h2*7-9,16H,1-6H3;;;/q;;2*-1;+2. The molecule has 6 heterocycles. The molecule has 0 N–H and O–H groups in total. The first-order valence-corrected chi connectivity index (χ1v) is 16.6. The molecule has 6 aromatic rings. The van der Waals surface area contributed by atoms with Crippen LogP contribution in [0.5, 0.6) is 0 Å². The van der Waals surface area contributed by atoms with E-state index < -0.39 is 14.5 Å². The van der Waals surface area contributed by atoms with Crippen LogP contribution in [0.1, 0.15) is 80.9 Å². The van der Waals surface area contributed by atoms with E-state index in [2.05, 4.69) is 109 Å². The minimum atomic E-state index is -6.00. The Labute approximate surface area is 324 Å². The fourth-order valence-electron chi connectivity index (χ4n) is 5.90. The summed E-state index contributed by atoms with van der Waals surface area (Å²) in [6.07, 6.45) is -0.452. The van der Waals surface area contributed by atoms with Gasteiger partial charge in [-0.3, -0.25) is 0 Å². The van der Waals surface area contributed by atoms with E-state index in [9.17, 15) is 34.5 Å². The Kier molecular flexibility index (Phi) is 15.5. The van der Waals surface area contributed by atoms with E-state index in [4.69, 9.17) is 0 Å². The Morgan fingerprint density at radius 3 is 0.509 bits per heavy atom. The third kappa shape index (κ3) is 13.3. The summed E-state index contributed by atoms with van der Waals surface area (Å²) in [7, 11) is -12.0. The second kappa shape index (κ2) is 18.3. The Bertz CT molecular complexity index is 1770. The van der Waals surface area contributed by atoms with Crippen LogP contribution in [0.4, 0.5) is 34.5 Å². The smallest absolute Gasteiger partial charge is 0.418 e. The van der Waals surface area contributed by atoms with Gasteiger partial charge in [-0.05, 0) is 119 Å². The van der Waals surface area contributed by atoms with Crippen LogP contribution in [0.2, 0.25) is 0 Å². The van der Waals surface area contributed by atoms with Gasteiger partial charge < -0.3 is 34.5 Å². The molecule has 0 spiro atoms. The van der Waals surface area contributed by atoms with E-state index in [0.717, 1.165) is 68.3 Å². The van der Waals surface area contributed by atoms with Crippen LogP contribution in [0.15, 0.2) is 36.4 Å². The largest absolute Gasteiger partial charge is 2.00 e. The van der Waals surface area contributed by atoms with Crippen LogP contribution in [-0.4, -0.2) is 73.2 Å². The molecule has 12 nitrogen and oxygen atoms in total. The van der Waals surface area contributed by atoms with Gasteiger partial charge in [-0.2, -0.15) is 30.6 Å². The molecule has 0 fully saturated rings. The Morgan fingerprint density at radius 2 is 0.436 bits per heavy atom. The van der Waals surface area contributed by atoms with Crippen molar-refractivity contribution in [3.8, 4) is 0 Å². The SMILES string of the molecule is Cc1cc(C)n(C(n2nc(C)cc2C)n2nc(C)cc2C)n1.Cc1cc(C)n(C(n2nc(C)cc2C)n2nc(C)cc2C)n1.F[B-](F)(F)F.F[B-](F)(F)F.[Co+2]. The summed E-state index contributed by atoms with van der Waals surface area (Å²) < 4.78 is 89.9. The van der Waals surface area contributed by atoms with Crippen molar-refractivity contribution in [1.82, 2.24) is 58.7 Å². The van der Waals surface area contributed by atoms with Gasteiger partial charge in [0.2, 0.25) is 12.6 Å². The molecule has 0 bridgehead atoms. The summed E-state index contributed by atoms with van der Waals surface area (Å²) in [5, 5.41) is 28.0. The number of aromatic nitrogens is 12. The molecule has 0 saturated carbocycles. The maximum atomic E-state index is 9.75. The molecule has 6 aromatic heterocycles. The number of rotatable bonds is 6. The molecule has 0 aliphatic carbocycles. The first kappa shape index (κ1) is 46.5. The van der Waals surface area contributed by atoms with Gasteiger partial charge in [-0.1, -0.05) is 0 Å². The van der Waals surface area contributed by atoms with Gasteiger partial charge in [0.25, 0.3) is 0 Å². The zero-order valence-corrected chi connectivity index (χ0v) is 33.5. The summed E-state index contributed by atoms with van der Waals surface area (Å²) in [6, 6.07) is 12.4. The number of halogens is 8. The van der Waals surface area contributed by atoms with Gasteiger partial charge in [0.1, 0.15) is 0 Å². The van der Waals surface area contributed by atoms with Crippen molar-refractivity contribution in [2.45, 2.75) is 95.7 Å². The number of hydrogen-bond acceptors (Lipinski definition) is 6. The van der Waals surface area contributed by atoms with Crippen molar-refractivity contribution in [2.24, 2.45) is 0 Å². The third-order valence-corrected chi connectivity index (χ3v) is 7.58. The molecule has 0 aliphatic rings. The average molecular weight is 829 g/mol. The van der Waals surface area contributed by atoms with E-state index in [1.54, 1.807) is 0 Å². The average Bonchev–Trinajstić information content (AvgIpc) is 3.81. The third-order valence-electron chi connectivity index (χ3n) is 7.58. The van der Waals surface area contributed by atoms with E-state index >= 15 is 0 Å². The van der Waals surface area contributed by atoms with Crippen molar-refractivity contribution in [3.63, 3.8) is 0 Å². The molecule has 0 saturated heterocycles. The van der Waals surface area contributed by atoms with Gasteiger partial charge in [0.05, 0.1) is 34.2 Å². The second-order valence-electron chi connectivity index (χ2n) is 12.9. The maximum absolute atomic E-state index is 9.75. The van der Waals surface area contributed by atoms with E-state index in [0.29, 0.717) is 0 Å². The molecular weight excluding hydrogens is 785 g/mol. The molecule has 1 radical (unpaired) electrons. The van der Waals surface area contributed by atoms with Crippen molar-refractivity contribution < 1.29 is 51.3 Å². The monoisotopic (exact) mass is 829 g/mol. The predicted octanol–water partition coefficient (Wildman–Crippen LogP) is 7.96. The number of aryl methyl sites for hydroxylation is 12. The van der Waals surface area contributed by atoms with E-state index in [1.165, 1.54) is 0 Å². The topological polar surface area (TPSA) is 107 Å². The Balaban J connectivity index is 0.000000301. The molecule has 23 heteroatoms. The van der Waals surface area contributed by atoms with E-state index in [1.807, 2.05) is 69.6 Å². The molecule has 0 unspecified atom stereocenters. The quantitative estimate of drug-likeness (QED) is 0.125. The fourth-order valence-corrected chi connectivity index (χ4v) is 5.90. The number of nitrogens with zero attached hydrogens (tertiary/aromatic N) is 12. The second-order valence-corrected chi connectivity index (χ2v) is 12.9. The molecule has 0 aliphatic heterocycles. The van der Waals surface area contributed by atoms with Gasteiger partial charge in [0.15, 0.2) is 0 Å². The summed E-state index contributed by atoms with van der Waals surface area (Å²) in [6.45, 7) is 24.4. The zero-order chi connectivity index (χ0) is 41.0. The molecule has 0 aromatic carbocycles. The number of hydrogen-bond donors (Lipinski definition) is 0. The normalized spacial score (nSPS) is 11.5. The van der Waals surface area contributed by atoms with Gasteiger partial charge in [0, 0.05) is 34.2 Å². The summed E-state index contributed by atoms with van der Waals surface area (Å²) in [5.41, 5.74) is 12.5. The van der Waals surface area contributed by atoms with Crippen LogP contribution in [0, 0.1) is 83.1 Å². The van der Waals surface area contributed by atoms with Crippen LogP contribution < -0.4 is 0 Å². The maximum Gasteiger partial charge on any atom is 2.00 e. The Morgan fingerprint density at radius 1 is 0.327 bits per heavy atom. The summed E-state index contributed by atoms with van der Waals surface area (Å²) >= 11 is 0. The molecule has 0 atom stereocenters. The fraction of sp³-hybridized carbons (Fsp3) is 0.438. The van der Waals surface area contributed by atoms with Crippen molar-refractivity contribution >= 4 is 14.5 Å². The molecule has 303 valence electrons. The Hall–Kier alpha value is -4.66. The van der Waals surface area contributed by atoms with Crippen LogP contribution in [0.25, 0.3) is 0 Å². The van der Waals surface area contributed by atoms with Crippen molar-refractivity contribution in [2.75, 3.05) is 0 Å². The molecule has 6 rings (SSSR count). The van der Waals surface area contributed by atoms with E-state index in [-0.39, 0.29) is 29.4 Å². The van der Waals surface area contributed by atoms with Crippen molar-refractivity contribution in [3.05, 3.63) is 105 Å². The van der Waals surface area contributed by atoms with Gasteiger partial charge in [-0.15, -0.1) is 0 Å². The minimum Gasteiger partial charge on any atom is -0.418 e. The minimum absolute atomic E-state index is 0. The van der Waals surface area contributed by atoms with Gasteiger partial charge >= 0.3 is 31.3 Å². The van der Waals surface area contributed by atoms with Crippen molar-refractivity contribution in [1.29, 1.82) is 0 Å². The first-order valence-electron chi connectivity index (χ1n) is 16.6. The predicted molar refractivity (Wildman–Crippen MR) is 190 cm³/mol. The molecule has 55 heavy (non-hydrogen) atoms. The molecular formula is C32H44B2CoF8N12. The first-order chi connectivity index (χ1) is 24.7. The summed E-state index contributed by atoms with van der Waals surface area (Å²) in [4.78, 5) is 0. The van der Waals surface area contributed by atoms with Crippen LogP contribution in [-0.2, 0) is 16.8 Å². The van der Waals surface area contributed by atoms with Crippen LogP contribution >= 0.6 is 0 Å². The van der Waals surface area contributed by atoms with Crippen LogP contribution in [0.3, 0.4) is 0 Å². The molecule has 0 amide bonds. The van der Waals surface area contributed by atoms with Gasteiger partial charge in [-0.25, -0.2) is 28.1 Å². The zero-order valence-electron chi connectivity index (χ0n) is 32.5.